The van der Waals surface area contributed by atoms with Crippen LogP contribution in [-0.2, 0) is 29.6 Å². The molecule has 0 fully saturated rings. The molecule has 0 saturated heterocycles. The molecule has 0 aliphatic carbocycles. The molecule has 0 spiro atoms. The summed E-state index contributed by atoms with van der Waals surface area (Å²) in [7, 11) is 0. The predicted molar refractivity (Wildman–Crippen MR) is 180 cm³/mol. The maximum atomic E-state index is 12.3. The Morgan fingerprint density at radius 3 is 1.73 bits per heavy atom. The molecule has 52 heavy (non-hydrogen) atoms. The monoisotopic (exact) mass is 745 g/mol. The summed E-state index contributed by atoms with van der Waals surface area (Å²) in [6.45, 7) is 30.4. The summed E-state index contributed by atoms with van der Waals surface area (Å²) in [6, 6.07) is 3.43. The van der Waals surface area contributed by atoms with Gasteiger partial charge in [-0.3, -0.25) is 33.8 Å². The zero-order valence-corrected chi connectivity index (χ0v) is 29.5. The van der Waals surface area contributed by atoms with Crippen molar-refractivity contribution in [2.24, 2.45) is 20.5 Å². The molecule has 2 N–H and O–H groups in total. The molecule has 0 radical (unpaired) electrons. The molecule has 4 rings (SSSR count). The normalized spacial score (nSPS) is 10.4. The van der Waals surface area contributed by atoms with Crippen LogP contribution in [0.5, 0.6) is 11.8 Å². The van der Waals surface area contributed by atoms with Crippen molar-refractivity contribution >= 4 is 40.6 Å². The first kappa shape index (κ1) is 41.2. The van der Waals surface area contributed by atoms with Crippen LogP contribution in [-0.4, -0.2) is 29.3 Å². The van der Waals surface area contributed by atoms with Crippen LogP contribution in [0.4, 0.5) is 40.6 Å². The Hall–Kier alpha value is -6.94. The van der Waals surface area contributed by atoms with Gasteiger partial charge in [0.15, 0.2) is 0 Å². The van der Waals surface area contributed by atoms with E-state index in [0.717, 1.165) is 23.8 Å². The smallest absolute Gasteiger partial charge is 0.562 e. The average Bonchev–Trinajstić information content (AvgIpc) is 3.74. The first-order valence-electron chi connectivity index (χ1n) is 15.2. The Balaban J connectivity index is 0.000000354. The maximum absolute atomic E-state index is 12.3. The minimum atomic E-state index is -0.592. The first-order valence-corrected chi connectivity index (χ1v) is 15.2. The van der Waals surface area contributed by atoms with Crippen molar-refractivity contribution in [1.82, 2.24) is 29.1 Å². The van der Waals surface area contributed by atoms with Crippen molar-refractivity contribution in [3.63, 3.8) is 0 Å². The fourth-order valence-corrected chi connectivity index (χ4v) is 4.37. The van der Waals surface area contributed by atoms with Gasteiger partial charge in [-0.15, -0.1) is 10.2 Å². The quantitative estimate of drug-likeness (QED) is 0.100. The van der Waals surface area contributed by atoms with Crippen LogP contribution < -0.4 is 21.1 Å². The zero-order chi connectivity index (χ0) is 37.8. The van der Waals surface area contributed by atoms with Gasteiger partial charge < -0.3 is 29.9 Å². The minimum absolute atomic E-state index is 0. The Bertz CT molecular complexity index is 2300. The van der Waals surface area contributed by atoms with E-state index in [1.807, 2.05) is 13.8 Å². The number of imidazole rings is 2. The van der Waals surface area contributed by atoms with Crippen LogP contribution in [0.3, 0.4) is 0 Å². The van der Waals surface area contributed by atoms with Gasteiger partial charge in [-0.2, -0.15) is 10.5 Å². The third kappa shape index (κ3) is 8.80. The Morgan fingerprint density at radius 2 is 1.29 bits per heavy atom. The second-order valence-corrected chi connectivity index (χ2v) is 10.5. The number of aromatic nitrogens is 6. The summed E-state index contributed by atoms with van der Waals surface area (Å²) in [5.74, 6) is -1.34. The summed E-state index contributed by atoms with van der Waals surface area (Å²) in [5.41, 5.74) is -0.160. The summed E-state index contributed by atoms with van der Waals surface area (Å²) in [5, 5.41) is 53.9. The topological polar surface area (TPSA) is 249 Å². The molecule has 4 aromatic heterocycles. The van der Waals surface area contributed by atoms with Crippen molar-refractivity contribution in [3.8, 4) is 23.9 Å². The standard InChI is InChI=1S/C16H14N8O2.C16H17N7O2.Ni/c1-4-5-6-24-14(25)12(19-3)9(2)13(15(24)26)22-23-16-20-10(7-17)11(8-18)21-16;1-6-7-8-23-14(24)10(3)9(2)11(15(23)25)21-22-16-19-12(17-4)13(18-5)20-16;/h4-6H2,1-2H3,(H2,20,21,22,23,25,26);6-8H2,1-3H3,(H2,19,20,21,22,24,25);/q;;+2/p-2. The molecule has 0 bridgehead atoms. The molecule has 19 nitrogen and oxygen atoms in total. The molecule has 0 unspecified atom stereocenters. The van der Waals surface area contributed by atoms with Gasteiger partial charge in [0.25, 0.3) is 16.8 Å². The van der Waals surface area contributed by atoms with Gasteiger partial charge in [0.1, 0.15) is 29.3 Å². The molecule has 0 aromatic carbocycles. The molecule has 0 saturated carbocycles. The van der Waals surface area contributed by atoms with Crippen molar-refractivity contribution in [1.29, 1.82) is 10.5 Å². The van der Waals surface area contributed by atoms with Gasteiger partial charge in [-0.25, -0.2) is 16.5 Å². The molecule has 20 heteroatoms. The maximum Gasteiger partial charge on any atom is 2.00 e. The fourth-order valence-electron chi connectivity index (χ4n) is 4.37. The van der Waals surface area contributed by atoms with E-state index in [-0.39, 0.29) is 92.0 Å². The minimum Gasteiger partial charge on any atom is -0.562 e. The second-order valence-electron chi connectivity index (χ2n) is 10.5. The van der Waals surface area contributed by atoms with Crippen molar-refractivity contribution in [2.75, 3.05) is 0 Å². The van der Waals surface area contributed by atoms with E-state index in [1.54, 1.807) is 26.0 Å². The molecule has 0 atom stereocenters. The van der Waals surface area contributed by atoms with Gasteiger partial charge in [-0.05, 0) is 44.7 Å². The van der Waals surface area contributed by atoms with Crippen LogP contribution in [0.2, 0.25) is 0 Å². The number of nitriles is 2. The zero-order valence-electron chi connectivity index (χ0n) is 28.5. The molecule has 0 aliphatic rings. The Kier molecular flexibility index (Phi) is 14.8. The van der Waals surface area contributed by atoms with Crippen molar-refractivity contribution in [2.45, 2.75) is 73.4 Å². The number of hydrogen-bond donors (Lipinski definition) is 2. The van der Waals surface area contributed by atoms with Crippen molar-refractivity contribution < 1.29 is 26.7 Å². The third-order valence-corrected chi connectivity index (χ3v) is 7.32. The van der Waals surface area contributed by atoms with Gasteiger partial charge in [0.2, 0.25) is 17.7 Å². The number of aromatic hydroxyl groups is 2. The number of azo groups is 2. The summed E-state index contributed by atoms with van der Waals surface area (Å²) in [6.07, 6.45) is 3.03. The average molecular weight is 746 g/mol. The predicted octanol–water partition coefficient (Wildman–Crippen LogP) is 6.56. The van der Waals surface area contributed by atoms with Gasteiger partial charge in [-0.1, -0.05) is 33.3 Å². The summed E-state index contributed by atoms with van der Waals surface area (Å²) < 4.78 is 2.34. The number of unbranched alkanes of at least 4 members (excludes halogenated alkanes) is 2. The molecule has 266 valence electrons. The molecule has 0 aliphatic heterocycles. The van der Waals surface area contributed by atoms with E-state index < -0.39 is 11.4 Å². The van der Waals surface area contributed by atoms with Crippen LogP contribution in [0.25, 0.3) is 14.5 Å². The van der Waals surface area contributed by atoms with E-state index in [0.29, 0.717) is 24.1 Å². The third-order valence-electron chi connectivity index (χ3n) is 7.32. The van der Waals surface area contributed by atoms with E-state index >= 15 is 0 Å². The van der Waals surface area contributed by atoms with Crippen LogP contribution in [0.1, 0.15) is 67.6 Å². The molecule has 4 heterocycles. The first-order chi connectivity index (χ1) is 24.4. The second kappa shape index (κ2) is 18.7. The van der Waals surface area contributed by atoms with Crippen LogP contribution in [0.15, 0.2) is 30.0 Å². The number of pyridine rings is 2. The Labute approximate surface area is 307 Å². The van der Waals surface area contributed by atoms with Gasteiger partial charge in [0.05, 0.1) is 23.8 Å². The van der Waals surface area contributed by atoms with E-state index in [4.69, 9.17) is 30.2 Å². The van der Waals surface area contributed by atoms with E-state index in [1.165, 1.54) is 11.5 Å². The number of rotatable bonds is 10. The molecule has 4 aromatic rings. The molecular formula is C32H29N15NiO4. The van der Waals surface area contributed by atoms with Crippen LogP contribution >= 0.6 is 0 Å². The Morgan fingerprint density at radius 1 is 0.750 bits per heavy atom. The SMILES string of the molecule is [C-]#[N+]c1c(C)c(N=Nc2nc(C#N)c(C#N)[n-]2)c(O)n(CCCC)c1=O.[C-]#[N+]c1nc(N=Nc2c(C)c(C)c(=O)n(CCCC)c2O)[n-]c1[N+]#[C-].[Ni+2]. The van der Waals surface area contributed by atoms with Gasteiger partial charge in [0, 0.05) is 24.6 Å². The largest absolute Gasteiger partial charge is 2.00 e. The molecule has 0 amide bonds. The fraction of sp³-hybridized carbons (Fsp3) is 0.344. The summed E-state index contributed by atoms with van der Waals surface area (Å²) in [4.78, 5) is 49.1. The number of nitrogens with zero attached hydrogens (tertiary/aromatic N) is 15. The van der Waals surface area contributed by atoms with E-state index in [9.17, 15) is 19.8 Å². The van der Waals surface area contributed by atoms with Crippen LogP contribution in [0, 0.1) is 63.1 Å². The van der Waals surface area contributed by atoms with Gasteiger partial charge >= 0.3 is 16.5 Å². The number of hydrogen-bond acceptors (Lipinski definition) is 12. The van der Waals surface area contributed by atoms with Crippen molar-refractivity contribution in [3.05, 3.63) is 83.0 Å². The molecular weight excluding hydrogens is 717 g/mol. The summed E-state index contributed by atoms with van der Waals surface area (Å²) >= 11 is 0. The van der Waals surface area contributed by atoms with E-state index in [2.05, 4.69) is 54.9 Å².